The Morgan fingerprint density at radius 2 is 2.29 bits per heavy atom. The summed E-state index contributed by atoms with van der Waals surface area (Å²) in [6.07, 6.45) is 0.990. The summed E-state index contributed by atoms with van der Waals surface area (Å²) in [4.78, 5) is 4.51. The molecule has 1 N–H and O–H groups in total. The van der Waals surface area contributed by atoms with Gasteiger partial charge in [0, 0.05) is 9.85 Å². The van der Waals surface area contributed by atoms with Crippen LogP contribution < -0.4 is 5.32 Å². The van der Waals surface area contributed by atoms with Crippen LogP contribution in [0.25, 0.3) is 0 Å². The van der Waals surface area contributed by atoms with Gasteiger partial charge in [-0.1, -0.05) is 35.0 Å². The fraction of sp³-hybridized carbons (Fsp3) is 0.308. The van der Waals surface area contributed by atoms with Gasteiger partial charge in [-0.15, -0.1) is 11.3 Å². The van der Waals surface area contributed by atoms with Gasteiger partial charge in [-0.05, 0) is 31.0 Å². The van der Waals surface area contributed by atoms with Gasteiger partial charge in [-0.25, -0.2) is 4.98 Å². The van der Waals surface area contributed by atoms with E-state index >= 15 is 0 Å². The Labute approximate surface area is 114 Å². The molecule has 1 aromatic heterocycles. The maximum atomic E-state index is 4.51. The number of rotatable bonds is 4. The molecule has 17 heavy (non-hydrogen) atoms. The molecule has 0 radical (unpaired) electrons. The van der Waals surface area contributed by atoms with Crippen LogP contribution in [0.5, 0.6) is 0 Å². The van der Waals surface area contributed by atoms with Crippen LogP contribution in [-0.2, 0) is 6.42 Å². The Morgan fingerprint density at radius 3 is 2.94 bits per heavy atom. The van der Waals surface area contributed by atoms with Crippen LogP contribution >= 0.6 is 27.3 Å². The molecule has 2 nitrogen and oxygen atoms in total. The summed E-state index contributed by atoms with van der Waals surface area (Å²) in [6, 6.07) is 8.61. The maximum Gasteiger partial charge on any atom is 0.183 e. The predicted molar refractivity (Wildman–Crippen MR) is 77.7 cm³/mol. The van der Waals surface area contributed by atoms with Crippen molar-refractivity contribution >= 4 is 32.4 Å². The number of nitrogens with one attached hydrogen (secondary N) is 1. The molecule has 2 rings (SSSR count). The van der Waals surface area contributed by atoms with E-state index in [1.807, 2.05) is 6.07 Å². The zero-order valence-corrected chi connectivity index (χ0v) is 12.3. The molecule has 0 amide bonds. The van der Waals surface area contributed by atoms with E-state index in [2.05, 4.69) is 63.7 Å². The first-order valence-corrected chi connectivity index (χ1v) is 7.32. The van der Waals surface area contributed by atoms with Crippen molar-refractivity contribution in [2.75, 3.05) is 5.32 Å². The number of nitrogens with zero attached hydrogens (tertiary/aromatic N) is 1. The summed E-state index contributed by atoms with van der Waals surface area (Å²) in [7, 11) is 0. The molecule has 0 spiro atoms. The van der Waals surface area contributed by atoms with Crippen molar-refractivity contribution in [2.45, 2.75) is 26.3 Å². The number of anilines is 1. The molecule has 0 saturated heterocycles. The third-order valence-corrected chi connectivity index (χ3v) is 3.92. The summed E-state index contributed by atoms with van der Waals surface area (Å²) in [5, 5.41) is 6.53. The number of aryl methyl sites for hydroxylation is 1. The average molecular weight is 311 g/mol. The Kier molecular flexibility index (Phi) is 4.18. The second-order valence-electron chi connectivity index (χ2n) is 3.92. The van der Waals surface area contributed by atoms with E-state index in [1.54, 1.807) is 11.3 Å². The van der Waals surface area contributed by atoms with Crippen LogP contribution in [0.15, 0.2) is 34.1 Å². The van der Waals surface area contributed by atoms with E-state index in [1.165, 1.54) is 5.56 Å². The lowest BCUT2D eigenvalue weighted by Gasteiger charge is -2.13. The zero-order valence-electron chi connectivity index (χ0n) is 9.90. The first-order chi connectivity index (χ1) is 8.19. The topological polar surface area (TPSA) is 24.9 Å². The molecule has 1 atom stereocenters. The first kappa shape index (κ1) is 12.6. The highest BCUT2D eigenvalue weighted by Crippen LogP contribution is 2.24. The lowest BCUT2D eigenvalue weighted by atomic mass is 10.1. The van der Waals surface area contributed by atoms with Gasteiger partial charge < -0.3 is 5.32 Å². The standard InChI is InChI=1S/C13H15BrN2S/c1-3-12-8-17-13(16-12)15-9(2)10-5-4-6-11(14)7-10/h4-9H,3H2,1-2H3,(H,15,16). The monoisotopic (exact) mass is 310 g/mol. The molecule has 1 heterocycles. The molecule has 0 saturated carbocycles. The van der Waals surface area contributed by atoms with Crippen molar-refractivity contribution in [1.82, 2.24) is 4.98 Å². The van der Waals surface area contributed by atoms with E-state index in [-0.39, 0.29) is 6.04 Å². The molecular formula is C13H15BrN2S. The summed E-state index contributed by atoms with van der Waals surface area (Å²) in [5.74, 6) is 0. The quantitative estimate of drug-likeness (QED) is 0.889. The minimum Gasteiger partial charge on any atom is -0.355 e. The van der Waals surface area contributed by atoms with Crippen LogP contribution in [0.4, 0.5) is 5.13 Å². The van der Waals surface area contributed by atoms with Gasteiger partial charge in [-0.3, -0.25) is 0 Å². The Hall–Kier alpha value is -0.870. The van der Waals surface area contributed by atoms with Crippen molar-refractivity contribution in [3.05, 3.63) is 45.4 Å². The predicted octanol–water partition coefficient (Wildman–Crippen LogP) is 4.64. The van der Waals surface area contributed by atoms with E-state index < -0.39 is 0 Å². The van der Waals surface area contributed by atoms with Crippen molar-refractivity contribution in [2.24, 2.45) is 0 Å². The minimum absolute atomic E-state index is 0.267. The zero-order chi connectivity index (χ0) is 12.3. The highest BCUT2D eigenvalue weighted by atomic mass is 79.9. The third-order valence-electron chi connectivity index (χ3n) is 2.60. The normalized spacial score (nSPS) is 12.4. The highest BCUT2D eigenvalue weighted by molar-refractivity contribution is 9.10. The number of hydrogen-bond acceptors (Lipinski definition) is 3. The Bertz CT molecular complexity index is 496. The molecule has 1 aromatic carbocycles. The molecule has 0 aliphatic rings. The molecule has 0 aliphatic carbocycles. The van der Waals surface area contributed by atoms with Crippen LogP contribution in [0, 0.1) is 0 Å². The molecule has 0 bridgehead atoms. The summed E-state index contributed by atoms with van der Waals surface area (Å²) in [6.45, 7) is 4.27. The molecule has 1 unspecified atom stereocenters. The molecule has 0 fully saturated rings. The van der Waals surface area contributed by atoms with Gasteiger partial charge >= 0.3 is 0 Å². The summed E-state index contributed by atoms with van der Waals surface area (Å²) < 4.78 is 1.11. The molecule has 0 aliphatic heterocycles. The fourth-order valence-corrected chi connectivity index (χ4v) is 2.88. The number of hydrogen-bond donors (Lipinski definition) is 1. The van der Waals surface area contributed by atoms with Gasteiger partial charge in [0.05, 0.1) is 11.7 Å². The Morgan fingerprint density at radius 1 is 1.47 bits per heavy atom. The largest absolute Gasteiger partial charge is 0.355 e. The molecule has 90 valence electrons. The van der Waals surface area contributed by atoms with E-state index in [0.29, 0.717) is 0 Å². The van der Waals surface area contributed by atoms with Crippen molar-refractivity contribution in [3.63, 3.8) is 0 Å². The summed E-state index contributed by atoms with van der Waals surface area (Å²) in [5.41, 5.74) is 2.41. The maximum absolute atomic E-state index is 4.51. The second-order valence-corrected chi connectivity index (χ2v) is 5.69. The Balaban J connectivity index is 2.08. The van der Waals surface area contributed by atoms with Crippen LogP contribution in [0.2, 0.25) is 0 Å². The number of thiazole rings is 1. The average Bonchev–Trinajstić information content (AvgIpc) is 2.77. The number of halogens is 1. The van der Waals surface area contributed by atoms with E-state index in [9.17, 15) is 0 Å². The highest BCUT2D eigenvalue weighted by Gasteiger charge is 2.07. The third kappa shape index (κ3) is 3.30. The van der Waals surface area contributed by atoms with Crippen LogP contribution in [0.3, 0.4) is 0 Å². The van der Waals surface area contributed by atoms with Gasteiger partial charge in [0.2, 0.25) is 0 Å². The molecular weight excluding hydrogens is 296 g/mol. The summed E-state index contributed by atoms with van der Waals surface area (Å²) >= 11 is 5.16. The smallest absolute Gasteiger partial charge is 0.183 e. The lowest BCUT2D eigenvalue weighted by Crippen LogP contribution is -2.06. The van der Waals surface area contributed by atoms with Gasteiger partial charge in [0.1, 0.15) is 0 Å². The van der Waals surface area contributed by atoms with Crippen LogP contribution in [-0.4, -0.2) is 4.98 Å². The fourth-order valence-electron chi connectivity index (χ4n) is 1.58. The first-order valence-electron chi connectivity index (χ1n) is 5.65. The minimum atomic E-state index is 0.267. The van der Waals surface area contributed by atoms with Crippen LogP contribution in [0.1, 0.15) is 31.1 Å². The van der Waals surface area contributed by atoms with Gasteiger partial charge in [0.15, 0.2) is 5.13 Å². The number of benzene rings is 1. The lowest BCUT2D eigenvalue weighted by molar-refractivity contribution is 0.877. The van der Waals surface area contributed by atoms with E-state index in [0.717, 1.165) is 21.7 Å². The second kappa shape index (κ2) is 5.65. The molecule has 4 heteroatoms. The van der Waals surface area contributed by atoms with E-state index in [4.69, 9.17) is 0 Å². The van der Waals surface area contributed by atoms with Gasteiger partial charge in [0.25, 0.3) is 0 Å². The van der Waals surface area contributed by atoms with Gasteiger partial charge in [-0.2, -0.15) is 0 Å². The SMILES string of the molecule is CCc1csc(NC(C)c2cccc(Br)c2)n1. The molecule has 2 aromatic rings. The van der Waals surface area contributed by atoms with Crippen molar-refractivity contribution in [1.29, 1.82) is 0 Å². The van der Waals surface area contributed by atoms with Crippen molar-refractivity contribution < 1.29 is 0 Å². The number of aromatic nitrogens is 1. The van der Waals surface area contributed by atoms with Crippen molar-refractivity contribution in [3.8, 4) is 0 Å².